The fourth-order valence-electron chi connectivity index (χ4n) is 1.85. The first kappa shape index (κ1) is 13.4. The molecule has 0 aromatic heterocycles. The summed E-state index contributed by atoms with van der Waals surface area (Å²) in [5.41, 5.74) is 0. The Morgan fingerprint density at radius 2 is 2.00 bits per heavy atom. The maximum Gasteiger partial charge on any atom is 0.324 e. The molecule has 1 aliphatic heterocycles. The third kappa shape index (κ3) is 3.45. The van der Waals surface area contributed by atoms with Crippen molar-refractivity contribution in [3.8, 4) is 0 Å². The van der Waals surface area contributed by atoms with Crippen molar-refractivity contribution >= 4 is 16.0 Å². The predicted molar refractivity (Wildman–Crippen MR) is 60.4 cm³/mol. The van der Waals surface area contributed by atoms with Crippen LogP contribution in [-0.4, -0.2) is 43.6 Å². The zero-order chi connectivity index (χ0) is 12.3. The molecule has 0 N–H and O–H groups in total. The van der Waals surface area contributed by atoms with E-state index in [2.05, 4.69) is 0 Å². The lowest BCUT2D eigenvalue weighted by Gasteiger charge is -2.32. The summed E-state index contributed by atoms with van der Waals surface area (Å²) in [5, 5.41) is 0. The Balaban J connectivity index is 2.79. The number of rotatable bonds is 3. The zero-order valence-corrected chi connectivity index (χ0v) is 10.8. The first-order valence-electron chi connectivity index (χ1n) is 5.49. The minimum absolute atomic E-state index is 0.212. The Bertz CT molecular complexity index is 350. The normalized spacial score (nSPS) is 23.4. The van der Waals surface area contributed by atoms with E-state index in [0.717, 1.165) is 19.1 Å². The van der Waals surface area contributed by atoms with Crippen LogP contribution in [0.25, 0.3) is 0 Å². The summed E-state index contributed by atoms with van der Waals surface area (Å²) >= 11 is 0. The van der Waals surface area contributed by atoms with E-state index in [0.29, 0.717) is 13.0 Å². The summed E-state index contributed by atoms with van der Waals surface area (Å²) in [6.45, 7) is 3.92. The van der Waals surface area contributed by atoms with Crippen molar-refractivity contribution in [1.82, 2.24) is 4.31 Å². The fourth-order valence-corrected chi connectivity index (χ4v) is 2.96. The lowest BCUT2D eigenvalue weighted by Crippen LogP contribution is -2.48. The van der Waals surface area contributed by atoms with Gasteiger partial charge in [-0.25, -0.2) is 8.42 Å². The van der Waals surface area contributed by atoms with Gasteiger partial charge >= 0.3 is 5.97 Å². The first-order chi connectivity index (χ1) is 7.32. The van der Waals surface area contributed by atoms with Crippen molar-refractivity contribution in [3.63, 3.8) is 0 Å². The topological polar surface area (TPSA) is 63.7 Å². The largest absolute Gasteiger partial charge is 0.462 e. The number of esters is 1. The monoisotopic (exact) mass is 249 g/mol. The summed E-state index contributed by atoms with van der Waals surface area (Å²) < 4.78 is 29.3. The van der Waals surface area contributed by atoms with Gasteiger partial charge in [-0.15, -0.1) is 0 Å². The first-order valence-corrected chi connectivity index (χ1v) is 7.34. The summed E-state index contributed by atoms with van der Waals surface area (Å²) in [4.78, 5) is 11.7. The highest BCUT2D eigenvalue weighted by Gasteiger charge is 2.35. The van der Waals surface area contributed by atoms with Crippen molar-refractivity contribution in [3.05, 3.63) is 0 Å². The number of hydrogen-bond acceptors (Lipinski definition) is 4. The SMILES string of the molecule is CC(C)OC(=O)C1CCCCN1S(C)(=O)=O. The average Bonchev–Trinajstić information content (AvgIpc) is 2.15. The minimum Gasteiger partial charge on any atom is -0.462 e. The van der Waals surface area contributed by atoms with Gasteiger partial charge in [-0.1, -0.05) is 0 Å². The third-order valence-electron chi connectivity index (χ3n) is 2.50. The van der Waals surface area contributed by atoms with Crippen LogP contribution in [0.15, 0.2) is 0 Å². The smallest absolute Gasteiger partial charge is 0.324 e. The molecule has 1 unspecified atom stereocenters. The molecule has 16 heavy (non-hydrogen) atoms. The van der Waals surface area contributed by atoms with Crippen LogP contribution in [0.2, 0.25) is 0 Å². The second kappa shape index (κ2) is 5.14. The van der Waals surface area contributed by atoms with E-state index < -0.39 is 22.0 Å². The van der Waals surface area contributed by atoms with Crippen molar-refractivity contribution in [2.45, 2.75) is 45.3 Å². The van der Waals surface area contributed by atoms with Crippen molar-refractivity contribution < 1.29 is 17.9 Å². The molecule has 1 heterocycles. The third-order valence-corrected chi connectivity index (χ3v) is 3.79. The Morgan fingerprint density at radius 3 is 2.50 bits per heavy atom. The summed E-state index contributed by atoms with van der Waals surface area (Å²) in [7, 11) is -3.32. The van der Waals surface area contributed by atoms with Gasteiger partial charge in [0.25, 0.3) is 0 Å². The molecule has 1 atom stereocenters. The van der Waals surface area contributed by atoms with Gasteiger partial charge in [0.1, 0.15) is 6.04 Å². The molecule has 0 saturated carbocycles. The molecule has 0 aliphatic carbocycles. The molecule has 0 radical (unpaired) electrons. The quantitative estimate of drug-likeness (QED) is 0.692. The second-order valence-corrected chi connectivity index (χ2v) is 6.31. The molecule has 1 rings (SSSR count). The molecule has 1 aliphatic rings. The molecule has 1 fully saturated rings. The molecule has 0 amide bonds. The van der Waals surface area contributed by atoms with Crippen LogP contribution < -0.4 is 0 Å². The van der Waals surface area contributed by atoms with Gasteiger partial charge < -0.3 is 4.74 Å². The van der Waals surface area contributed by atoms with Gasteiger partial charge in [0, 0.05) is 6.54 Å². The molecule has 0 bridgehead atoms. The highest BCUT2D eigenvalue weighted by atomic mass is 32.2. The Kier molecular flexibility index (Phi) is 4.32. The van der Waals surface area contributed by atoms with Crippen LogP contribution >= 0.6 is 0 Å². The summed E-state index contributed by atoms with van der Waals surface area (Å²) in [6, 6.07) is -0.633. The molecule has 94 valence electrons. The Labute approximate surface area is 96.8 Å². The number of nitrogens with zero attached hydrogens (tertiary/aromatic N) is 1. The highest BCUT2D eigenvalue weighted by Crippen LogP contribution is 2.21. The van der Waals surface area contributed by atoms with E-state index in [9.17, 15) is 13.2 Å². The Morgan fingerprint density at radius 1 is 1.38 bits per heavy atom. The van der Waals surface area contributed by atoms with Gasteiger partial charge in [-0.2, -0.15) is 4.31 Å². The lowest BCUT2D eigenvalue weighted by molar-refractivity contribution is -0.153. The Hall–Kier alpha value is -0.620. The predicted octanol–water partition coefficient (Wildman–Crippen LogP) is 0.752. The maximum absolute atomic E-state index is 11.7. The van der Waals surface area contributed by atoms with Crippen LogP contribution in [0.1, 0.15) is 33.1 Å². The van der Waals surface area contributed by atoms with Gasteiger partial charge in [0.05, 0.1) is 12.4 Å². The summed E-state index contributed by atoms with van der Waals surface area (Å²) in [5.74, 6) is -0.430. The van der Waals surface area contributed by atoms with Crippen molar-refractivity contribution in [1.29, 1.82) is 0 Å². The fraction of sp³-hybridized carbons (Fsp3) is 0.900. The van der Waals surface area contributed by atoms with Gasteiger partial charge in [-0.05, 0) is 33.1 Å². The van der Waals surface area contributed by atoms with Crippen molar-refractivity contribution in [2.24, 2.45) is 0 Å². The zero-order valence-electron chi connectivity index (χ0n) is 9.97. The van der Waals surface area contributed by atoms with Crippen LogP contribution in [0.5, 0.6) is 0 Å². The molecular weight excluding hydrogens is 230 g/mol. The number of piperidine rings is 1. The number of sulfonamides is 1. The van der Waals surface area contributed by atoms with Gasteiger partial charge in [0.2, 0.25) is 10.0 Å². The van der Waals surface area contributed by atoms with E-state index in [1.165, 1.54) is 4.31 Å². The molecule has 1 saturated heterocycles. The van der Waals surface area contributed by atoms with Crippen LogP contribution in [0, 0.1) is 0 Å². The average molecular weight is 249 g/mol. The van der Waals surface area contributed by atoms with Crippen molar-refractivity contribution in [2.75, 3.05) is 12.8 Å². The summed E-state index contributed by atoms with van der Waals surface area (Å²) in [6.07, 6.45) is 3.14. The number of hydrogen-bond donors (Lipinski definition) is 0. The number of carbonyl (C=O) groups is 1. The number of ether oxygens (including phenoxy) is 1. The molecule has 0 spiro atoms. The molecule has 5 nitrogen and oxygen atoms in total. The van der Waals surface area contributed by atoms with E-state index >= 15 is 0 Å². The highest BCUT2D eigenvalue weighted by molar-refractivity contribution is 7.88. The molecule has 6 heteroatoms. The van der Waals surface area contributed by atoms with Crippen LogP contribution in [-0.2, 0) is 19.6 Å². The van der Waals surface area contributed by atoms with Gasteiger partial charge in [-0.3, -0.25) is 4.79 Å². The van der Waals surface area contributed by atoms with E-state index in [1.54, 1.807) is 13.8 Å². The standard InChI is InChI=1S/C10H19NO4S/c1-8(2)15-10(12)9-6-4-5-7-11(9)16(3,13)14/h8-9H,4-7H2,1-3H3. The van der Waals surface area contributed by atoms with Gasteiger partial charge in [0.15, 0.2) is 0 Å². The van der Waals surface area contributed by atoms with E-state index in [4.69, 9.17) is 4.74 Å². The number of carbonyl (C=O) groups excluding carboxylic acids is 1. The van der Waals surface area contributed by atoms with Crippen LogP contribution in [0.4, 0.5) is 0 Å². The van der Waals surface area contributed by atoms with E-state index in [-0.39, 0.29) is 6.10 Å². The lowest BCUT2D eigenvalue weighted by atomic mass is 10.1. The van der Waals surface area contributed by atoms with Crippen LogP contribution in [0.3, 0.4) is 0 Å². The molecule has 0 aromatic rings. The molecule has 0 aromatic carbocycles. The maximum atomic E-state index is 11.7. The minimum atomic E-state index is -3.32. The second-order valence-electron chi connectivity index (χ2n) is 4.37. The van der Waals surface area contributed by atoms with E-state index in [1.807, 2.05) is 0 Å². The molecular formula is C10H19NO4S.